The third-order valence-corrected chi connectivity index (χ3v) is 6.24. The topological polar surface area (TPSA) is 64.6 Å². The fraction of sp³-hybridized carbons (Fsp3) is 0.600. The van der Waals surface area contributed by atoms with Crippen LogP contribution in [0.1, 0.15) is 19.8 Å². The highest BCUT2D eigenvalue weighted by molar-refractivity contribution is 8.00. The molecule has 1 aliphatic rings. The Hall–Kier alpha value is -0.760. The second-order valence-corrected chi connectivity index (χ2v) is 8.10. The SMILES string of the molecule is CCOc1ccccc1S(=O)(=O)NCCSC1CCOCC1. The van der Waals surface area contributed by atoms with Gasteiger partial charge in [-0.05, 0) is 31.9 Å². The fourth-order valence-electron chi connectivity index (χ4n) is 2.27. The zero-order valence-electron chi connectivity index (χ0n) is 12.8. The molecule has 1 aromatic rings. The second kappa shape index (κ2) is 8.76. The molecule has 124 valence electrons. The van der Waals surface area contributed by atoms with Crippen LogP contribution in [0.15, 0.2) is 29.2 Å². The van der Waals surface area contributed by atoms with E-state index in [1.54, 1.807) is 24.3 Å². The van der Waals surface area contributed by atoms with E-state index in [0.29, 0.717) is 24.2 Å². The minimum Gasteiger partial charge on any atom is -0.492 e. The van der Waals surface area contributed by atoms with Crippen molar-refractivity contribution in [2.75, 3.05) is 32.1 Å². The fourth-order valence-corrected chi connectivity index (χ4v) is 4.65. The summed E-state index contributed by atoms with van der Waals surface area (Å²) >= 11 is 1.81. The number of rotatable bonds is 8. The van der Waals surface area contributed by atoms with Crippen molar-refractivity contribution in [3.8, 4) is 5.75 Å². The van der Waals surface area contributed by atoms with E-state index < -0.39 is 10.0 Å². The summed E-state index contributed by atoms with van der Waals surface area (Å²) < 4.78 is 38.1. The van der Waals surface area contributed by atoms with Gasteiger partial charge in [0.2, 0.25) is 10.0 Å². The van der Waals surface area contributed by atoms with Crippen molar-refractivity contribution in [1.29, 1.82) is 0 Å². The van der Waals surface area contributed by atoms with Crippen LogP contribution in [0.25, 0.3) is 0 Å². The van der Waals surface area contributed by atoms with E-state index in [0.717, 1.165) is 31.8 Å². The average molecular weight is 345 g/mol. The predicted octanol–water partition coefficient (Wildman–Crippen LogP) is 2.28. The zero-order chi connectivity index (χ0) is 15.8. The van der Waals surface area contributed by atoms with E-state index >= 15 is 0 Å². The minimum absolute atomic E-state index is 0.202. The summed E-state index contributed by atoms with van der Waals surface area (Å²) in [5.74, 6) is 1.16. The predicted molar refractivity (Wildman–Crippen MR) is 89.1 cm³/mol. The number of hydrogen-bond donors (Lipinski definition) is 1. The van der Waals surface area contributed by atoms with Crippen LogP contribution in [0, 0.1) is 0 Å². The number of ether oxygens (including phenoxy) is 2. The van der Waals surface area contributed by atoms with Crippen LogP contribution in [0.5, 0.6) is 5.75 Å². The molecule has 0 aliphatic carbocycles. The van der Waals surface area contributed by atoms with E-state index in [2.05, 4.69) is 4.72 Å². The molecule has 0 amide bonds. The van der Waals surface area contributed by atoms with Crippen LogP contribution in [-0.2, 0) is 14.8 Å². The van der Waals surface area contributed by atoms with Crippen molar-refractivity contribution in [3.63, 3.8) is 0 Å². The van der Waals surface area contributed by atoms with Crippen LogP contribution in [0.4, 0.5) is 0 Å². The molecule has 1 aliphatic heterocycles. The first kappa shape index (κ1) is 17.6. The van der Waals surface area contributed by atoms with Crippen molar-refractivity contribution in [1.82, 2.24) is 4.72 Å². The monoisotopic (exact) mass is 345 g/mol. The largest absolute Gasteiger partial charge is 0.492 e. The molecule has 0 unspecified atom stereocenters. The first-order valence-electron chi connectivity index (χ1n) is 7.54. The van der Waals surface area contributed by atoms with Crippen molar-refractivity contribution >= 4 is 21.8 Å². The van der Waals surface area contributed by atoms with Gasteiger partial charge in [0, 0.05) is 30.8 Å². The highest BCUT2D eigenvalue weighted by atomic mass is 32.2. The Morgan fingerprint density at radius 1 is 1.32 bits per heavy atom. The molecule has 0 radical (unpaired) electrons. The van der Waals surface area contributed by atoms with Gasteiger partial charge in [0.15, 0.2) is 0 Å². The van der Waals surface area contributed by atoms with Crippen LogP contribution in [0.3, 0.4) is 0 Å². The molecule has 0 bridgehead atoms. The Labute approximate surface area is 136 Å². The molecule has 1 fully saturated rings. The molecular formula is C15H23NO4S2. The second-order valence-electron chi connectivity index (χ2n) is 4.96. The summed E-state index contributed by atoms with van der Waals surface area (Å²) in [6.45, 7) is 4.31. The summed E-state index contributed by atoms with van der Waals surface area (Å²) in [6, 6.07) is 6.71. The van der Waals surface area contributed by atoms with Gasteiger partial charge in [-0.1, -0.05) is 12.1 Å². The van der Waals surface area contributed by atoms with Crippen LogP contribution in [-0.4, -0.2) is 45.8 Å². The number of sulfonamides is 1. The summed E-state index contributed by atoms with van der Waals surface area (Å²) in [7, 11) is -3.53. The highest BCUT2D eigenvalue weighted by Crippen LogP contribution is 2.24. The summed E-state index contributed by atoms with van der Waals surface area (Å²) in [4.78, 5) is 0.202. The maximum absolute atomic E-state index is 12.4. The molecule has 0 saturated carbocycles. The maximum atomic E-state index is 12.4. The Morgan fingerprint density at radius 2 is 2.05 bits per heavy atom. The Kier molecular flexibility index (Phi) is 7.01. The first-order valence-corrected chi connectivity index (χ1v) is 10.1. The normalized spacial score (nSPS) is 16.6. The summed E-state index contributed by atoms with van der Waals surface area (Å²) in [5, 5.41) is 0.578. The third-order valence-electron chi connectivity index (χ3n) is 3.35. The molecule has 1 N–H and O–H groups in total. The van der Waals surface area contributed by atoms with Gasteiger partial charge >= 0.3 is 0 Å². The van der Waals surface area contributed by atoms with Gasteiger partial charge in [-0.25, -0.2) is 13.1 Å². The lowest BCUT2D eigenvalue weighted by Gasteiger charge is -2.21. The number of benzene rings is 1. The highest BCUT2D eigenvalue weighted by Gasteiger charge is 2.19. The molecule has 2 rings (SSSR count). The van der Waals surface area contributed by atoms with Gasteiger partial charge in [-0.2, -0.15) is 11.8 Å². The maximum Gasteiger partial charge on any atom is 0.244 e. The molecule has 1 saturated heterocycles. The number of para-hydroxylation sites is 1. The van der Waals surface area contributed by atoms with Crippen molar-refractivity contribution in [3.05, 3.63) is 24.3 Å². The van der Waals surface area contributed by atoms with E-state index in [1.165, 1.54) is 0 Å². The molecule has 1 heterocycles. The van der Waals surface area contributed by atoms with Gasteiger partial charge in [0.25, 0.3) is 0 Å². The standard InChI is InChI=1S/C15H23NO4S2/c1-2-20-14-5-3-4-6-15(14)22(17,18)16-9-12-21-13-7-10-19-11-8-13/h3-6,13,16H,2,7-12H2,1H3. The lowest BCUT2D eigenvalue weighted by atomic mass is 10.2. The smallest absolute Gasteiger partial charge is 0.244 e. The van der Waals surface area contributed by atoms with Crippen molar-refractivity contribution < 1.29 is 17.9 Å². The van der Waals surface area contributed by atoms with E-state index in [4.69, 9.17) is 9.47 Å². The van der Waals surface area contributed by atoms with Gasteiger partial charge in [-0.3, -0.25) is 0 Å². The zero-order valence-corrected chi connectivity index (χ0v) is 14.4. The van der Waals surface area contributed by atoms with E-state index in [-0.39, 0.29) is 4.90 Å². The van der Waals surface area contributed by atoms with Crippen molar-refractivity contribution in [2.45, 2.75) is 29.9 Å². The van der Waals surface area contributed by atoms with Crippen molar-refractivity contribution in [2.24, 2.45) is 0 Å². The number of thioether (sulfide) groups is 1. The lowest BCUT2D eigenvalue weighted by molar-refractivity contribution is 0.100. The van der Waals surface area contributed by atoms with Crippen LogP contribution in [0.2, 0.25) is 0 Å². The van der Waals surface area contributed by atoms with Gasteiger partial charge < -0.3 is 9.47 Å². The Bertz CT molecular complexity index is 556. The lowest BCUT2D eigenvalue weighted by Crippen LogP contribution is -2.27. The number of hydrogen-bond acceptors (Lipinski definition) is 5. The van der Waals surface area contributed by atoms with Crippen LogP contribution >= 0.6 is 11.8 Å². The molecule has 0 spiro atoms. The third kappa shape index (κ3) is 5.15. The quantitative estimate of drug-likeness (QED) is 0.732. The minimum atomic E-state index is -3.53. The summed E-state index contributed by atoms with van der Waals surface area (Å²) in [5.41, 5.74) is 0. The Morgan fingerprint density at radius 3 is 2.77 bits per heavy atom. The first-order chi connectivity index (χ1) is 10.6. The molecule has 7 heteroatoms. The molecule has 0 aromatic heterocycles. The average Bonchev–Trinajstić information content (AvgIpc) is 2.53. The van der Waals surface area contributed by atoms with Gasteiger partial charge in [-0.15, -0.1) is 0 Å². The number of nitrogens with one attached hydrogen (secondary N) is 1. The molecule has 0 atom stereocenters. The molecule has 22 heavy (non-hydrogen) atoms. The van der Waals surface area contributed by atoms with Crippen LogP contribution < -0.4 is 9.46 Å². The Balaban J connectivity index is 1.85. The molecule has 5 nitrogen and oxygen atoms in total. The van der Waals surface area contributed by atoms with E-state index in [1.807, 2.05) is 18.7 Å². The van der Waals surface area contributed by atoms with Gasteiger partial charge in [0.1, 0.15) is 10.6 Å². The molecule has 1 aromatic carbocycles. The van der Waals surface area contributed by atoms with E-state index in [9.17, 15) is 8.42 Å². The van der Waals surface area contributed by atoms with Gasteiger partial charge in [0.05, 0.1) is 6.61 Å². The molecular weight excluding hydrogens is 322 g/mol. The summed E-state index contributed by atoms with van der Waals surface area (Å²) in [6.07, 6.45) is 2.09.